The summed E-state index contributed by atoms with van der Waals surface area (Å²) < 4.78 is 68.9. The van der Waals surface area contributed by atoms with Gasteiger partial charge in [0.1, 0.15) is 21.3 Å². The predicted molar refractivity (Wildman–Crippen MR) is 136 cm³/mol. The van der Waals surface area contributed by atoms with E-state index in [2.05, 4.69) is 41.0 Å². The Balaban J connectivity index is 0.000000595. The van der Waals surface area contributed by atoms with E-state index in [1.165, 1.54) is 0 Å². The third-order valence-electron chi connectivity index (χ3n) is 6.26. The Labute approximate surface area is 233 Å². The van der Waals surface area contributed by atoms with Crippen LogP contribution >= 0.6 is 0 Å². The zero-order chi connectivity index (χ0) is 28.5. The van der Waals surface area contributed by atoms with Crippen LogP contribution in [-0.4, -0.2) is 8.42 Å². The highest BCUT2D eigenvalue weighted by Crippen LogP contribution is 2.42. The van der Waals surface area contributed by atoms with Crippen LogP contribution in [0.1, 0.15) is 5.69 Å². The maximum atomic E-state index is 13.5. The highest BCUT2D eigenvalue weighted by molar-refractivity contribution is 7.91. The van der Waals surface area contributed by atoms with E-state index in [0.717, 1.165) is 33.8 Å². The Morgan fingerprint density at radius 1 is 0.625 bits per heavy atom. The van der Waals surface area contributed by atoms with Gasteiger partial charge in [-0.25, -0.2) is 27.1 Å². The van der Waals surface area contributed by atoms with Crippen molar-refractivity contribution in [3.8, 4) is 39.6 Å². The van der Waals surface area contributed by atoms with Crippen molar-refractivity contribution in [1.29, 1.82) is 0 Å². The Kier molecular flexibility index (Phi) is 7.43. The second-order valence-corrected chi connectivity index (χ2v) is 11.5. The zero-order valence-corrected chi connectivity index (χ0v) is 22.6. The highest BCUT2D eigenvalue weighted by atomic mass is 35.7. The smallest absolute Gasteiger partial charge is 0.219 e. The van der Waals surface area contributed by atoms with Gasteiger partial charge in [-0.05, 0) is 41.5 Å². The molecule has 4 aromatic carbocycles. The summed E-state index contributed by atoms with van der Waals surface area (Å²) in [6, 6.07) is 36.8. The summed E-state index contributed by atoms with van der Waals surface area (Å²) in [5.74, 6) is 0.696. The van der Waals surface area contributed by atoms with Gasteiger partial charge in [0.05, 0.1) is 0 Å². The first kappa shape index (κ1) is 27.5. The fraction of sp³-hybridized carbons (Fsp3) is 0.0333. The molecule has 0 spiro atoms. The first-order valence-corrected chi connectivity index (χ1v) is 14.7. The van der Waals surface area contributed by atoms with Gasteiger partial charge in [0, 0.05) is 36.8 Å². The molecule has 0 radical (unpaired) electrons. The van der Waals surface area contributed by atoms with Crippen LogP contribution in [-0.2, 0) is 9.84 Å². The molecule has 1 aliphatic rings. The van der Waals surface area contributed by atoms with Crippen molar-refractivity contribution in [3.63, 3.8) is 0 Å². The number of fused-ring (bicyclic) bond motifs is 2. The van der Waals surface area contributed by atoms with Crippen LogP contribution in [0.2, 0.25) is 0 Å². The van der Waals surface area contributed by atoms with Gasteiger partial charge < -0.3 is 4.74 Å². The van der Waals surface area contributed by atoms with Crippen molar-refractivity contribution in [2.75, 3.05) is 0 Å². The number of benzene rings is 4. The molecule has 2 heterocycles. The molecular formula is C30H22ClNO7S. The number of ether oxygens (including phenoxy) is 1. The number of aryl methyl sites for hydroxylation is 1. The van der Waals surface area contributed by atoms with Crippen LogP contribution in [0.25, 0.3) is 28.1 Å². The van der Waals surface area contributed by atoms with E-state index in [-0.39, 0.29) is 9.79 Å². The van der Waals surface area contributed by atoms with Gasteiger partial charge in [0.15, 0.2) is 5.69 Å². The molecule has 0 unspecified atom stereocenters. The van der Waals surface area contributed by atoms with Crippen LogP contribution in [0.4, 0.5) is 0 Å². The number of hydrogen-bond acceptors (Lipinski definition) is 7. The topological polar surface area (TPSA) is 139 Å². The second kappa shape index (κ2) is 10.8. The molecule has 1 aromatic heterocycles. The molecule has 0 fully saturated rings. The van der Waals surface area contributed by atoms with Crippen molar-refractivity contribution in [3.05, 3.63) is 121 Å². The summed E-state index contributed by atoms with van der Waals surface area (Å²) in [6.07, 6.45) is 0. The van der Waals surface area contributed by atoms with E-state index in [4.69, 9.17) is 23.4 Å². The van der Waals surface area contributed by atoms with Gasteiger partial charge in [-0.1, -0.05) is 60.7 Å². The van der Waals surface area contributed by atoms with Gasteiger partial charge in [-0.15, -0.1) is 10.2 Å². The number of pyridine rings is 1. The lowest BCUT2D eigenvalue weighted by Gasteiger charge is -2.20. The first-order valence-electron chi connectivity index (χ1n) is 12.0. The lowest BCUT2D eigenvalue weighted by Crippen LogP contribution is -2.68. The highest BCUT2D eigenvalue weighted by Gasteiger charge is 2.33. The SMILES string of the molecule is Cc1cc(-c2ccccc2)cc(-c2ccccc2)[n+]1-c1ccc2c(c1)S(=O)(=O)c1ccccc1O2.[O-][Cl+3]([O-])([O-])[O-]. The summed E-state index contributed by atoms with van der Waals surface area (Å²) in [4.78, 5) is 0.362. The monoisotopic (exact) mass is 575 g/mol. The minimum atomic E-state index is -4.94. The molecule has 0 saturated carbocycles. The number of hydrogen-bond donors (Lipinski definition) is 0. The van der Waals surface area contributed by atoms with Crippen LogP contribution in [0.3, 0.4) is 0 Å². The lowest BCUT2D eigenvalue weighted by atomic mass is 10.0. The lowest BCUT2D eigenvalue weighted by molar-refractivity contribution is -2.00. The van der Waals surface area contributed by atoms with Crippen molar-refractivity contribution in [2.24, 2.45) is 0 Å². The number of nitrogens with zero attached hydrogens (tertiary/aromatic N) is 1. The van der Waals surface area contributed by atoms with E-state index in [1.807, 2.05) is 49.4 Å². The standard InChI is InChI=1S/C30H22NO3S.ClHO4/c1-21-18-24(22-10-4-2-5-11-22)19-26(23-12-6-3-7-13-23)31(21)25-16-17-28-30(20-25)35(32,33)29-15-9-8-14-27(29)34-28;2-1(3,4)5/h2-20H,1H3;(H,2,3,4,5)/q+1;/p-1. The normalized spacial score (nSPS) is 13.2. The molecule has 1 aliphatic heterocycles. The molecule has 0 N–H and O–H groups in total. The molecule has 0 aliphatic carbocycles. The third-order valence-corrected chi connectivity index (χ3v) is 8.07. The quantitative estimate of drug-likeness (QED) is 0.293. The summed E-state index contributed by atoms with van der Waals surface area (Å²) in [5.41, 5.74) is 5.97. The number of halogens is 1. The van der Waals surface area contributed by atoms with Gasteiger partial charge in [0.2, 0.25) is 21.2 Å². The van der Waals surface area contributed by atoms with Crippen LogP contribution in [0, 0.1) is 17.2 Å². The Morgan fingerprint density at radius 2 is 1.18 bits per heavy atom. The Morgan fingerprint density at radius 3 is 1.82 bits per heavy atom. The van der Waals surface area contributed by atoms with Crippen LogP contribution in [0.5, 0.6) is 11.5 Å². The molecule has 40 heavy (non-hydrogen) atoms. The Bertz CT molecular complexity index is 1780. The summed E-state index contributed by atoms with van der Waals surface area (Å²) >= 11 is 0. The van der Waals surface area contributed by atoms with Gasteiger partial charge in [-0.3, -0.25) is 0 Å². The molecule has 0 bridgehead atoms. The van der Waals surface area contributed by atoms with E-state index >= 15 is 0 Å². The van der Waals surface area contributed by atoms with Crippen molar-refractivity contribution >= 4 is 9.84 Å². The molecule has 10 heteroatoms. The molecule has 0 atom stereocenters. The largest absolute Gasteiger partial charge is 0.455 e. The predicted octanol–water partition coefficient (Wildman–Crippen LogP) is 1.79. The van der Waals surface area contributed by atoms with E-state index < -0.39 is 20.1 Å². The maximum absolute atomic E-state index is 13.5. The Hall–Kier alpha value is -4.09. The average molecular weight is 576 g/mol. The number of para-hydroxylation sites is 1. The van der Waals surface area contributed by atoms with Crippen LogP contribution in [0.15, 0.2) is 125 Å². The minimum Gasteiger partial charge on any atom is -0.455 e. The molecular weight excluding hydrogens is 554 g/mol. The fourth-order valence-electron chi connectivity index (χ4n) is 4.62. The van der Waals surface area contributed by atoms with Crippen molar-refractivity contribution < 1.29 is 46.6 Å². The van der Waals surface area contributed by atoms with Crippen molar-refractivity contribution in [2.45, 2.75) is 16.7 Å². The summed E-state index contributed by atoms with van der Waals surface area (Å²) in [7, 11) is -8.66. The first-order chi connectivity index (χ1) is 19.0. The average Bonchev–Trinajstić information content (AvgIpc) is 2.93. The number of aromatic nitrogens is 1. The molecule has 0 amide bonds. The van der Waals surface area contributed by atoms with Crippen molar-refractivity contribution in [1.82, 2.24) is 0 Å². The second-order valence-electron chi connectivity index (χ2n) is 8.90. The minimum absolute atomic E-state index is 0.173. The van der Waals surface area contributed by atoms with E-state index in [1.54, 1.807) is 36.4 Å². The molecule has 8 nitrogen and oxygen atoms in total. The van der Waals surface area contributed by atoms with E-state index in [0.29, 0.717) is 11.5 Å². The molecule has 202 valence electrons. The van der Waals surface area contributed by atoms with Gasteiger partial charge in [-0.2, -0.15) is 4.57 Å². The van der Waals surface area contributed by atoms with E-state index in [9.17, 15) is 8.42 Å². The van der Waals surface area contributed by atoms with Crippen LogP contribution < -0.4 is 27.9 Å². The molecule has 6 rings (SSSR count). The zero-order valence-electron chi connectivity index (χ0n) is 21.1. The third kappa shape index (κ3) is 5.75. The number of rotatable bonds is 3. The number of sulfone groups is 1. The molecule has 5 aromatic rings. The summed E-state index contributed by atoms with van der Waals surface area (Å²) in [6.45, 7) is 2.04. The molecule has 0 saturated heterocycles. The maximum Gasteiger partial charge on any atom is 0.219 e. The van der Waals surface area contributed by atoms with Gasteiger partial charge in [0.25, 0.3) is 0 Å². The van der Waals surface area contributed by atoms with Gasteiger partial charge >= 0.3 is 0 Å². The fourth-order valence-corrected chi connectivity index (χ4v) is 6.14. The summed E-state index contributed by atoms with van der Waals surface area (Å²) in [5, 5.41) is 0.